The number of rotatable bonds is 5. The SMILES string of the molecule is COc1ccc(-c2n[nH]c(=S)n2CC(=O)Nc2ccc3c(c2)OCCO3)cc1. The van der Waals surface area contributed by atoms with E-state index in [0.717, 1.165) is 11.3 Å². The minimum absolute atomic E-state index is 0.0190. The summed E-state index contributed by atoms with van der Waals surface area (Å²) in [6.07, 6.45) is 0. The quantitative estimate of drug-likeness (QED) is 0.642. The van der Waals surface area contributed by atoms with Crippen molar-refractivity contribution in [3.8, 4) is 28.6 Å². The van der Waals surface area contributed by atoms with Crippen LogP contribution in [-0.4, -0.2) is 41.0 Å². The molecule has 9 heteroatoms. The molecule has 144 valence electrons. The Labute approximate surface area is 166 Å². The fraction of sp³-hybridized carbons (Fsp3) is 0.211. The third-order valence-corrected chi connectivity index (χ3v) is 4.55. The van der Waals surface area contributed by atoms with Crippen molar-refractivity contribution >= 4 is 23.8 Å². The lowest BCUT2D eigenvalue weighted by molar-refractivity contribution is -0.116. The average Bonchev–Trinajstić information content (AvgIpc) is 3.08. The van der Waals surface area contributed by atoms with Crippen LogP contribution in [0.1, 0.15) is 0 Å². The summed E-state index contributed by atoms with van der Waals surface area (Å²) in [5.74, 6) is 2.36. The molecule has 2 N–H and O–H groups in total. The molecule has 4 rings (SSSR count). The Morgan fingerprint density at radius 2 is 1.96 bits per heavy atom. The minimum atomic E-state index is -0.232. The van der Waals surface area contributed by atoms with Crippen LogP contribution in [0.4, 0.5) is 5.69 Å². The standard InChI is InChI=1S/C19H18N4O4S/c1-25-14-5-2-12(3-6-14)18-21-22-19(28)23(18)11-17(24)20-13-4-7-15-16(10-13)27-9-8-26-15/h2-7,10H,8-9,11H2,1H3,(H,20,24)(H,22,28). The van der Waals surface area contributed by atoms with Crippen molar-refractivity contribution in [3.63, 3.8) is 0 Å². The highest BCUT2D eigenvalue weighted by molar-refractivity contribution is 7.71. The maximum absolute atomic E-state index is 12.6. The molecule has 0 atom stereocenters. The molecule has 0 unspecified atom stereocenters. The number of aromatic nitrogens is 3. The number of carbonyl (C=O) groups excluding carboxylic acids is 1. The predicted octanol–water partition coefficient (Wildman–Crippen LogP) is 3.03. The Balaban J connectivity index is 1.52. The molecule has 1 aliphatic heterocycles. The van der Waals surface area contributed by atoms with E-state index in [9.17, 15) is 4.79 Å². The maximum Gasteiger partial charge on any atom is 0.244 e. The average molecular weight is 398 g/mol. The zero-order valence-electron chi connectivity index (χ0n) is 15.1. The van der Waals surface area contributed by atoms with Crippen LogP contribution < -0.4 is 19.5 Å². The van der Waals surface area contributed by atoms with Gasteiger partial charge in [0.05, 0.1) is 7.11 Å². The highest BCUT2D eigenvalue weighted by atomic mass is 32.1. The van der Waals surface area contributed by atoms with Crippen molar-refractivity contribution in [1.82, 2.24) is 14.8 Å². The van der Waals surface area contributed by atoms with Crippen LogP contribution >= 0.6 is 12.2 Å². The molecule has 0 radical (unpaired) electrons. The number of nitrogens with one attached hydrogen (secondary N) is 2. The van der Waals surface area contributed by atoms with Gasteiger partial charge >= 0.3 is 0 Å². The molecule has 28 heavy (non-hydrogen) atoms. The van der Waals surface area contributed by atoms with Gasteiger partial charge in [-0.1, -0.05) is 0 Å². The maximum atomic E-state index is 12.6. The van der Waals surface area contributed by atoms with Crippen molar-refractivity contribution in [2.75, 3.05) is 25.6 Å². The van der Waals surface area contributed by atoms with Crippen molar-refractivity contribution < 1.29 is 19.0 Å². The van der Waals surface area contributed by atoms with E-state index in [-0.39, 0.29) is 12.5 Å². The molecule has 3 aromatic rings. The Bertz CT molecular complexity index is 1060. The summed E-state index contributed by atoms with van der Waals surface area (Å²) in [5.41, 5.74) is 1.44. The van der Waals surface area contributed by atoms with E-state index in [0.29, 0.717) is 41.0 Å². The van der Waals surface area contributed by atoms with E-state index in [1.54, 1.807) is 29.9 Å². The second kappa shape index (κ2) is 7.73. The molecule has 0 aliphatic carbocycles. The minimum Gasteiger partial charge on any atom is -0.497 e. The number of hydrogen-bond acceptors (Lipinski definition) is 6. The first-order valence-corrected chi connectivity index (χ1v) is 9.04. The lowest BCUT2D eigenvalue weighted by atomic mass is 10.2. The van der Waals surface area contributed by atoms with E-state index in [1.165, 1.54) is 0 Å². The lowest BCUT2D eigenvalue weighted by Gasteiger charge is -2.19. The van der Waals surface area contributed by atoms with Crippen LogP contribution in [0, 0.1) is 4.77 Å². The molecule has 0 spiro atoms. The summed E-state index contributed by atoms with van der Waals surface area (Å²) in [5, 5.41) is 9.84. The molecule has 1 aromatic heterocycles. The number of aromatic amines is 1. The molecule has 0 fully saturated rings. The highest BCUT2D eigenvalue weighted by Gasteiger charge is 2.15. The number of amides is 1. The van der Waals surface area contributed by atoms with E-state index in [2.05, 4.69) is 15.5 Å². The van der Waals surface area contributed by atoms with E-state index in [1.807, 2.05) is 24.3 Å². The zero-order chi connectivity index (χ0) is 19.5. The summed E-state index contributed by atoms with van der Waals surface area (Å²) in [6.45, 7) is 1.02. The van der Waals surface area contributed by atoms with Gasteiger partial charge in [0.15, 0.2) is 22.1 Å². The van der Waals surface area contributed by atoms with Crippen molar-refractivity contribution in [2.45, 2.75) is 6.54 Å². The number of anilines is 1. The van der Waals surface area contributed by atoms with Gasteiger partial charge in [-0.2, -0.15) is 5.10 Å². The molecule has 8 nitrogen and oxygen atoms in total. The van der Waals surface area contributed by atoms with E-state index < -0.39 is 0 Å². The number of H-pyrrole nitrogens is 1. The van der Waals surface area contributed by atoms with Gasteiger partial charge in [-0.25, -0.2) is 0 Å². The summed E-state index contributed by atoms with van der Waals surface area (Å²) in [4.78, 5) is 12.6. The van der Waals surface area contributed by atoms with Crippen LogP contribution in [0.15, 0.2) is 42.5 Å². The summed E-state index contributed by atoms with van der Waals surface area (Å²) in [7, 11) is 1.60. The second-order valence-corrected chi connectivity index (χ2v) is 6.46. The molecule has 0 saturated carbocycles. The van der Waals surface area contributed by atoms with E-state index >= 15 is 0 Å². The molecule has 1 amide bonds. The first kappa shape index (κ1) is 18.1. The lowest BCUT2D eigenvalue weighted by Crippen LogP contribution is -2.20. The molecule has 2 heterocycles. The van der Waals surface area contributed by atoms with Crippen LogP contribution in [0.3, 0.4) is 0 Å². The molecule has 0 bridgehead atoms. The Kier molecular flexibility index (Phi) is 4.98. The van der Waals surface area contributed by atoms with Gasteiger partial charge in [0, 0.05) is 17.3 Å². The van der Waals surface area contributed by atoms with Gasteiger partial charge in [-0.05, 0) is 48.6 Å². The molecule has 2 aromatic carbocycles. The molecule has 1 aliphatic rings. The summed E-state index contributed by atoms with van der Waals surface area (Å²) < 4.78 is 18.2. The fourth-order valence-electron chi connectivity index (χ4n) is 2.89. The van der Waals surface area contributed by atoms with Crippen LogP contribution in [0.25, 0.3) is 11.4 Å². The van der Waals surface area contributed by atoms with Crippen LogP contribution in [-0.2, 0) is 11.3 Å². The van der Waals surface area contributed by atoms with E-state index in [4.69, 9.17) is 26.4 Å². The van der Waals surface area contributed by atoms with Gasteiger partial charge in [0.1, 0.15) is 25.5 Å². The van der Waals surface area contributed by atoms with Crippen LogP contribution in [0.2, 0.25) is 0 Å². The zero-order valence-corrected chi connectivity index (χ0v) is 15.9. The first-order valence-electron chi connectivity index (χ1n) is 8.63. The van der Waals surface area contributed by atoms with Crippen molar-refractivity contribution in [1.29, 1.82) is 0 Å². The number of hydrogen-bond donors (Lipinski definition) is 2. The fourth-order valence-corrected chi connectivity index (χ4v) is 3.09. The third-order valence-electron chi connectivity index (χ3n) is 4.23. The first-order chi connectivity index (χ1) is 13.6. The Morgan fingerprint density at radius 1 is 1.21 bits per heavy atom. The Hall–Kier alpha value is -3.33. The largest absolute Gasteiger partial charge is 0.497 e. The smallest absolute Gasteiger partial charge is 0.244 e. The normalized spacial score (nSPS) is 12.5. The van der Waals surface area contributed by atoms with Gasteiger partial charge < -0.3 is 19.5 Å². The molecular weight excluding hydrogens is 380 g/mol. The highest BCUT2D eigenvalue weighted by Crippen LogP contribution is 2.32. The molecular formula is C19H18N4O4S. The number of methoxy groups -OCH3 is 1. The Morgan fingerprint density at radius 3 is 2.71 bits per heavy atom. The van der Waals surface area contributed by atoms with Crippen molar-refractivity contribution in [3.05, 3.63) is 47.2 Å². The van der Waals surface area contributed by atoms with Crippen molar-refractivity contribution in [2.24, 2.45) is 0 Å². The number of fused-ring (bicyclic) bond motifs is 1. The monoisotopic (exact) mass is 398 g/mol. The van der Waals surface area contributed by atoms with Gasteiger partial charge in [0.25, 0.3) is 0 Å². The number of nitrogens with zero attached hydrogens (tertiary/aromatic N) is 2. The van der Waals surface area contributed by atoms with Gasteiger partial charge in [0.2, 0.25) is 5.91 Å². The van der Waals surface area contributed by atoms with Gasteiger partial charge in [-0.15, -0.1) is 0 Å². The predicted molar refractivity (Wildman–Crippen MR) is 105 cm³/mol. The molecule has 0 saturated heterocycles. The second-order valence-electron chi connectivity index (χ2n) is 6.07. The number of ether oxygens (including phenoxy) is 3. The van der Waals surface area contributed by atoms with Crippen LogP contribution in [0.5, 0.6) is 17.2 Å². The number of carbonyl (C=O) groups is 1. The summed E-state index contributed by atoms with van der Waals surface area (Å²) in [6, 6.07) is 12.7. The topological polar surface area (TPSA) is 90.4 Å². The third kappa shape index (κ3) is 3.70. The number of benzene rings is 2. The van der Waals surface area contributed by atoms with Gasteiger partial charge in [-0.3, -0.25) is 14.5 Å². The summed E-state index contributed by atoms with van der Waals surface area (Å²) >= 11 is 5.29.